The molecule has 0 saturated carbocycles. The van der Waals surface area contributed by atoms with Crippen molar-refractivity contribution in [2.75, 3.05) is 0 Å². The Morgan fingerprint density at radius 2 is 1.33 bits per heavy atom. The second-order valence-electron chi connectivity index (χ2n) is 5.84. The number of ketones is 2. The molecule has 21 heavy (non-hydrogen) atoms. The highest BCUT2D eigenvalue weighted by molar-refractivity contribution is 6.43. The zero-order valence-electron chi connectivity index (χ0n) is 13.5. The Kier molecular flexibility index (Phi) is 8.65. The molecule has 0 aromatic heterocycles. The zero-order valence-corrected chi connectivity index (χ0v) is 13.5. The van der Waals surface area contributed by atoms with Crippen LogP contribution in [0.5, 0.6) is 0 Å². The topological polar surface area (TPSA) is 34.1 Å². The first-order chi connectivity index (χ1) is 10.1. The van der Waals surface area contributed by atoms with E-state index in [0.29, 0.717) is 12.0 Å². The minimum atomic E-state index is -0.335. The molecule has 0 amide bonds. The molecule has 1 aromatic rings. The first-order valence-electron chi connectivity index (χ1n) is 8.29. The summed E-state index contributed by atoms with van der Waals surface area (Å²) < 4.78 is 0. The van der Waals surface area contributed by atoms with Gasteiger partial charge in [0.1, 0.15) is 0 Å². The quantitative estimate of drug-likeness (QED) is 0.315. The monoisotopic (exact) mass is 288 g/mol. The molecule has 0 bridgehead atoms. The van der Waals surface area contributed by atoms with Crippen LogP contribution in [0.4, 0.5) is 0 Å². The minimum Gasteiger partial charge on any atom is -0.290 e. The molecule has 0 unspecified atom stereocenters. The van der Waals surface area contributed by atoms with Crippen LogP contribution in [0.15, 0.2) is 24.3 Å². The third-order valence-electron chi connectivity index (χ3n) is 3.82. The van der Waals surface area contributed by atoms with Gasteiger partial charge < -0.3 is 0 Å². The van der Waals surface area contributed by atoms with Gasteiger partial charge in [0.25, 0.3) is 0 Å². The van der Waals surface area contributed by atoms with Crippen LogP contribution in [0, 0.1) is 6.92 Å². The number of rotatable bonds is 11. The summed E-state index contributed by atoms with van der Waals surface area (Å²) in [5.74, 6) is -0.581. The van der Waals surface area contributed by atoms with Crippen molar-refractivity contribution in [3.63, 3.8) is 0 Å². The molecule has 0 N–H and O–H groups in total. The summed E-state index contributed by atoms with van der Waals surface area (Å²) in [7, 11) is 0. The maximum atomic E-state index is 11.9. The van der Waals surface area contributed by atoms with Gasteiger partial charge in [0, 0.05) is 12.0 Å². The largest absolute Gasteiger partial charge is 0.290 e. The van der Waals surface area contributed by atoms with Gasteiger partial charge in [0.15, 0.2) is 0 Å². The highest BCUT2D eigenvalue weighted by atomic mass is 16.2. The Morgan fingerprint density at radius 1 is 0.810 bits per heavy atom. The van der Waals surface area contributed by atoms with Gasteiger partial charge >= 0.3 is 0 Å². The normalized spacial score (nSPS) is 10.6. The van der Waals surface area contributed by atoms with Gasteiger partial charge in [-0.05, 0) is 13.3 Å². The highest BCUT2D eigenvalue weighted by Gasteiger charge is 2.15. The molecule has 1 aromatic carbocycles. The average molecular weight is 288 g/mol. The summed E-state index contributed by atoms with van der Waals surface area (Å²) in [5, 5.41) is 0. The molecule has 0 aliphatic carbocycles. The van der Waals surface area contributed by atoms with Crippen LogP contribution in [0.25, 0.3) is 0 Å². The fourth-order valence-electron chi connectivity index (χ4n) is 2.40. The van der Waals surface area contributed by atoms with Gasteiger partial charge in [-0.1, -0.05) is 81.7 Å². The van der Waals surface area contributed by atoms with Crippen molar-refractivity contribution in [2.45, 2.75) is 71.6 Å². The second-order valence-corrected chi connectivity index (χ2v) is 5.84. The van der Waals surface area contributed by atoms with Crippen LogP contribution in [-0.2, 0) is 4.79 Å². The van der Waals surface area contributed by atoms with E-state index in [1.165, 1.54) is 38.5 Å². The van der Waals surface area contributed by atoms with E-state index in [9.17, 15) is 9.59 Å². The van der Waals surface area contributed by atoms with Crippen molar-refractivity contribution in [1.29, 1.82) is 0 Å². The predicted octanol–water partition coefficient (Wildman–Crippen LogP) is 5.28. The Labute approximate surface area is 128 Å². The van der Waals surface area contributed by atoms with Crippen LogP contribution in [0.1, 0.15) is 80.6 Å². The number of hydrogen-bond donors (Lipinski definition) is 0. The van der Waals surface area contributed by atoms with Gasteiger partial charge in [-0.25, -0.2) is 0 Å². The van der Waals surface area contributed by atoms with Gasteiger partial charge in [0.05, 0.1) is 0 Å². The molecule has 0 aliphatic rings. The number of carbonyl (C=O) groups excluding carboxylic acids is 2. The molecule has 0 aliphatic heterocycles. The molecular weight excluding hydrogens is 260 g/mol. The number of hydrogen-bond acceptors (Lipinski definition) is 2. The summed E-state index contributed by atoms with van der Waals surface area (Å²) in [6, 6.07) is 7.22. The summed E-state index contributed by atoms with van der Waals surface area (Å²) in [6.45, 7) is 4.19. The molecule has 1 rings (SSSR count). The third-order valence-corrected chi connectivity index (χ3v) is 3.82. The lowest BCUT2D eigenvalue weighted by Gasteiger charge is -2.02. The SMILES string of the molecule is CCCCCCCCCCC(=O)C(=O)c1ccc(C)cc1. The first kappa shape index (κ1) is 17.6. The predicted molar refractivity (Wildman–Crippen MR) is 87.7 cm³/mol. The van der Waals surface area contributed by atoms with E-state index in [2.05, 4.69) is 6.92 Å². The maximum absolute atomic E-state index is 11.9. The zero-order chi connectivity index (χ0) is 15.5. The van der Waals surface area contributed by atoms with E-state index in [-0.39, 0.29) is 11.6 Å². The molecule has 2 heteroatoms. The molecule has 0 saturated heterocycles. The minimum absolute atomic E-state index is 0.246. The summed E-state index contributed by atoms with van der Waals surface area (Å²) >= 11 is 0. The van der Waals surface area contributed by atoms with Crippen LogP contribution in [0.3, 0.4) is 0 Å². The number of Topliss-reactive ketones (excluding diaryl/α,β-unsaturated/α-hetero) is 2. The van der Waals surface area contributed by atoms with Crippen molar-refractivity contribution < 1.29 is 9.59 Å². The number of aryl methyl sites for hydroxylation is 1. The average Bonchev–Trinajstić information content (AvgIpc) is 2.49. The van der Waals surface area contributed by atoms with E-state index in [1.54, 1.807) is 12.1 Å². The molecule has 2 nitrogen and oxygen atoms in total. The molecule has 0 heterocycles. The van der Waals surface area contributed by atoms with Crippen LogP contribution >= 0.6 is 0 Å². The van der Waals surface area contributed by atoms with Crippen molar-refractivity contribution in [3.05, 3.63) is 35.4 Å². The van der Waals surface area contributed by atoms with Gasteiger partial charge in [0.2, 0.25) is 11.6 Å². The van der Waals surface area contributed by atoms with E-state index >= 15 is 0 Å². The van der Waals surface area contributed by atoms with Crippen LogP contribution < -0.4 is 0 Å². The Bertz CT molecular complexity index is 431. The second kappa shape index (κ2) is 10.3. The molecule has 0 fully saturated rings. The van der Waals surface area contributed by atoms with Crippen molar-refractivity contribution >= 4 is 11.6 Å². The number of carbonyl (C=O) groups is 2. The van der Waals surface area contributed by atoms with Crippen molar-refractivity contribution in [1.82, 2.24) is 0 Å². The fraction of sp³-hybridized carbons (Fsp3) is 0.579. The van der Waals surface area contributed by atoms with E-state index < -0.39 is 0 Å². The molecule has 0 atom stereocenters. The molecule has 0 spiro atoms. The summed E-state index contributed by atoms with van der Waals surface area (Å²) in [6.07, 6.45) is 9.92. The van der Waals surface area contributed by atoms with E-state index in [1.807, 2.05) is 19.1 Å². The van der Waals surface area contributed by atoms with Crippen molar-refractivity contribution in [2.24, 2.45) is 0 Å². The summed E-state index contributed by atoms with van der Waals surface area (Å²) in [5.41, 5.74) is 1.62. The Hall–Kier alpha value is -1.44. The molecular formula is C19H28O2. The van der Waals surface area contributed by atoms with Crippen LogP contribution in [-0.4, -0.2) is 11.6 Å². The highest BCUT2D eigenvalue weighted by Crippen LogP contribution is 2.11. The maximum Gasteiger partial charge on any atom is 0.228 e. The number of unbranched alkanes of at least 4 members (excludes halogenated alkanes) is 7. The molecule has 0 radical (unpaired) electrons. The Morgan fingerprint density at radius 3 is 1.90 bits per heavy atom. The standard InChI is InChI=1S/C19H28O2/c1-3-4-5-6-7-8-9-10-11-18(20)19(21)17-14-12-16(2)13-15-17/h12-15H,3-11H2,1-2H3. The molecule has 116 valence electrons. The van der Waals surface area contributed by atoms with E-state index in [0.717, 1.165) is 18.4 Å². The lowest BCUT2D eigenvalue weighted by Crippen LogP contribution is -2.13. The first-order valence-corrected chi connectivity index (χ1v) is 8.29. The Balaban J connectivity index is 2.16. The van der Waals surface area contributed by atoms with Crippen LogP contribution in [0.2, 0.25) is 0 Å². The van der Waals surface area contributed by atoms with Gasteiger partial charge in [-0.3, -0.25) is 9.59 Å². The smallest absolute Gasteiger partial charge is 0.228 e. The van der Waals surface area contributed by atoms with E-state index in [4.69, 9.17) is 0 Å². The van der Waals surface area contributed by atoms with Gasteiger partial charge in [-0.2, -0.15) is 0 Å². The summed E-state index contributed by atoms with van der Waals surface area (Å²) in [4.78, 5) is 23.8. The fourth-order valence-corrected chi connectivity index (χ4v) is 2.40. The lowest BCUT2D eigenvalue weighted by atomic mass is 10.0. The number of benzene rings is 1. The van der Waals surface area contributed by atoms with Gasteiger partial charge in [-0.15, -0.1) is 0 Å². The lowest BCUT2D eigenvalue weighted by molar-refractivity contribution is -0.115. The van der Waals surface area contributed by atoms with Crippen molar-refractivity contribution in [3.8, 4) is 0 Å². The third kappa shape index (κ3) is 7.22.